The number of aromatic nitrogens is 3. The predicted octanol–water partition coefficient (Wildman–Crippen LogP) is 4.54. The molecule has 3 heterocycles. The number of aromatic amines is 2. The molecule has 2 aromatic carbocycles. The number of fused-ring (bicyclic) bond motifs is 1. The quantitative estimate of drug-likeness (QED) is 0.488. The molecule has 0 bridgehead atoms. The highest BCUT2D eigenvalue weighted by molar-refractivity contribution is 5.91. The van der Waals surface area contributed by atoms with Crippen LogP contribution in [0.1, 0.15) is 32.0 Å². The van der Waals surface area contributed by atoms with Gasteiger partial charge in [0.05, 0.1) is 11.2 Å². The van der Waals surface area contributed by atoms with Crippen molar-refractivity contribution in [1.29, 1.82) is 0 Å². The number of nitrogens with zero attached hydrogens (tertiary/aromatic N) is 3. The van der Waals surface area contributed by atoms with Gasteiger partial charge in [0.15, 0.2) is 0 Å². The summed E-state index contributed by atoms with van der Waals surface area (Å²) in [5, 5.41) is 0. The maximum Gasteiger partial charge on any atom is 0.248 e. The number of imidazole rings is 1. The molecule has 1 fully saturated rings. The molecule has 1 saturated heterocycles. The third kappa shape index (κ3) is 4.57. The highest BCUT2D eigenvalue weighted by Gasteiger charge is 2.21. The molecule has 0 atom stereocenters. The summed E-state index contributed by atoms with van der Waals surface area (Å²) in [5.41, 5.74) is 6.74. The Morgan fingerprint density at radius 3 is 2.30 bits per heavy atom. The Kier molecular flexibility index (Phi) is 5.54. The van der Waals surface area contributed by atoms with Crippen LogP contribution in [0, 0.1) is 0 Å². The van der Waals surface area contributed by atoms with Crippen LogP contribution in [0.15, 0.2) is 65.5 Å². The van der Waals surface area contributed by atoms with Crippen LogP contribution in [0.4, 0.5) is 5.69 Å². The van der Waals surface area contributed by atoms with Crippen LogP contribution in [-0.4, -0.2) is 46.0 Å². The molecule has 2 aromatic heterocycles. The fourth-order valence-electron chi connectivity index (χ4n) is 4.51. The van der Waals surface area contributed by atoms with Crippen molar-refractivity contribution < 1.29 is 0 Å². The second-order valence-electron chi connectivity index (χ2n) is 9.89. The number of benzene rings is 2. The normalized spacial score (nSPS) is 15.3. The van der Waals surface area contributed by atoms with Crippen molar-refractivity contribution in [1.82, 2.24) is 19.9 Å². The molecule has 0 aliphatic carbocycles. The molecule has 0 unspecified atom stereocenters. The number of piperazine rings is 1. The first-order valence-corrected chi connectivity index (χ1v) is 11.6. The molecule has 170 valence electrons. The van der Waals surface area contributed by atoms with Gasteiger partial charge in [-0.2, -0.15) is 0 Å². The number of anilines is 1. The van der Waals surface area contributed by atoms with E-state index < -0.39 is 0 Å². The SMILES string of the molecule is CC(C)(C)c1ccc(-c2nc3c(N4CCN(Cc5cccc(=O)[nH]5)CC4)cccc3[nH]2)cc1. The summed E-state index contributed by atoms with van der Waals surface area (Å²) in [5.74, 6) is 0.907. The highest BCUT2D eigenvalue weighted by Crippen LogP contribution is 2.30. The molecule has 0 spiro atoms. The Bertz CT molecular complexity index is 1300. The standard InChI is InChI=1S/C27H31N5O/c1-27(2,3)20-12-10-19(11-13-20)26-29-22-7-5-8-23(25(22)30-26)32-16-14-31(15-17-32)18-21-6-4-9-24(33)28-21/h4-13H,14-18H2,1-3H3,(H,28,33)(H,29,30). The van der Waals surface area contributed by atoms with Gasteiger partial charge in [0.2, 0.25) is 5.56 Å². The topological polar surface area (TPSA) is 68.0 Å². The largest absolute Gasteiger partial charge is 0.367 e. The van der Waals surface area contributed by atoms with E-state index in [-0.39, 0.29) is 11.0 Å². The van der Waals surface area contributed by atoms with Gasteiger partial charge < -0.3 is 14.9 Å². The van der Waals surface area contributed by atoms with Crippen LogP contribution in [0.3, 0.4) is 0 Å². The predicted molar refractivity (Wildman–Crippen MR) is 135 cm³/mol. The van der Waals surface area contributed by atoms with Crippen molar-refractivity contribution in [2.75, 3.05) is 31.1 Å². The molecule has 33 heavy (non-hydrogen) atoms. The van der Waals surface area contributed by atoms with Gasteiger partial charge in [-0.05, 0) is 29.2 Å². The van der Waals surface area contributed by atoms with Gasteiger partial charge in [-0.3, -0.25) is 9.69 Å². The first-order valence-electron chi connectivity index (χ1n) is 11.6. The van der Waals surface area contributed by atoms with Crippen LogP contribution < -0.4 is 10.5 Å². The number of hydrogen-bond acceptors (Lipinski definition) is 4. The Labute approximate surface area is 194 Å². The van der Waals surface area contributed by atoms with Crippen molar-refractivity contribution in [3.05, 3.63) is 82.3 Å². The molecule has 1 aliphatic rings. The molecule has 4 aromatic rings. The lowest BCUT2D eigenvalue weighted by Gasteiger charge is -2.36. The molecule has 0 radical (unpaired) electrons. The monoisotopic (exact) mass is 441 g/mol. The number of rotatable bonds is 4. The van der Waals surface area contributed by atoms with E-state index in [9.17, 15) is 4.79 Å². The fraction of sp³-hybridized carbons (Fsp3) is 0.333. The lowest BCUT2D eigenvalue weighted by molar-refractivity contribution is 0.247. The lowest BCUT2D eigenvalue weighted by Crippen LogP contribution is -2.46. The van der Waals surface area contributed by atoms with E-state index in [1.807, 2.05) is 12.1 Å². The lowest BCUT2D eigenvalue weighted by atomic mass is 9.87. The third-order valence-electron chi connectivity index (χ3n) is 6.45. The molecule has 0 amide bonds. The summed E-state index contributed by atoms with van der Waals surface area (Å²) in [6, 6.07) is 20.4. The third-order valence-corrected chi connectivity index (χ3v) is 6.45. The van der Waals surface area contributed by atoms with E-state index in [0.717, 1.165) is 60.8 Å². The maximum absolute atomic E-state index is 11.6. The highest BCUT2D eigenvalue weighted by atomic mass is 16.1. The second kappa shape index (κ2) is 8.52. The summed E-state index contributed by atoms with van der Waals surface area (Å²) in [4.78, 5) is 27.8. The average Bonchev–Trinajstić information content (AvgIpc) is 3.24. The first kappa shape index (κ1) is 21.5. The zero-order chi connectivity index (χ0) is 23.0. The minimum atomic E-state index is -0.0415. The first-order chi connectivity index (χ1) is 15.9. The molecular formula is C27H31N5O. The van der Waals surface area contributed by atoms with Gasteiger partial charge in [0.25, 0.3) is 0 Å². The van der Waals surface area contributed by atoms with E-state index in [2.05, 4.69) is 83.0 Å². The molecule has 0 saturated carbocycles. The smallest absolute Gasteiger partial charge is 0.248 e. The van der Waals surface area contributed by atoms with Crippen molar-refractivity contribution in [3.8, 4) is 11.4 Å². The summed E-state index contributed by atoms with van der Waals surface area (Å²) in [6.45, 7) is 11.2. The van der Waals surface area contributed by atoms with Gasteiger partial charge in [-0.15, -0.1) is 0 Å². The number of hydrogen-bond donors (Lipinski definition) is 2. The van der Waals surface area contributed by atoms with Crippen molar-refractivity contribution in [2.45, 2.75) is 32.7 Å². The minimum absolute atomic E-state index is 0.0415. The summed E-state index contributed by atoms with van der Waals surface area (Å²) < 4.78 is 0. The van der Waals surface area contributed by atoms with Gasteiger partial charge in [0, 0.05) is 50.0 Å². The minimum Gasteiger partial charge on any atom is -0.367 e. The molecule has 6 heteroatoms. The van der Waals surface area contributed by atoms with Crippen LogP contribution in [0.25, 0.3) is 22.4 Å². The van der Waals surface area contributed by atoms with E-state index >= 15 is 0 Å². The molecule has 5 rings (SSSR count). The van der Waals surface area contributed by atoms with Crippen molar-refractivity contribution in [3.63, 3.8) is 0 Å². The van der Waals surface area contributed by atoms with Crippen LogP contribution in [0.2, 0.25) is 0 Å². The number of pyridine rings is 1. The summed E-state index contributed by atoms with van der Waals surface area (Å²) >= 11 is 0. The van der Waals surface area contributed by atoms with Crippen LogP contribution in [-0.2, 0) is 12.0 Å². The molecule has 1 aliphatic heterocycles. The molecule has 6 nitrogen and oxygen atoms in total. The van der Waals surface area contributed by atoms with E-state index in [1.54, 1.807) is 6.07 Å². The van der Waals surface area contributed by atoms with Gasteiger partial charge in [-0.1, -0.05) is 57.2 Å². The fourth-order valence-corrected chi connectivity index (χ4v) is 4.51. The summed E-state index contributed by atoms with van der Waals surface area (Å²) in [6.07, 6.45) is 0. The zero-order valence-corrected chi connectivity index (χ0v) is 19.6. The van der Waals surface area contributed by atoms with Crippen molar-refractivity contribution >= 4 is 16.7 Å². The Morgan fingerprint density at radius 2 is 1.61 bits per heavy atom. The zero-order valence-electron chi connectivity index (χ0n) is 19.6. The molecule has 2 N–H and O–H groups in total. The van der Waals surface area contributed by atoms with E-state index in [4.69, 9.17) is 4.98 Å². The molecular weight excluding hydrogens is 410 g/mol. The second-order valence-corrected chi connectivity index (χ2v) is 9.89. The van der Waals surface area contributed by atoms with Gasteiger partial charge in [-0.25, -0.2) is 4.98 Å². The summed E-state index contributed by atoms with van der Waals surface area (Å²) in [7, 11) is 0. The number of para-hydroxylation sites is 1. The van der Waals surface area contributed by atoms with Crippen LogP contribution in [0.5, 0.6) is 0 Å². The van der Waals surface area contributed by atoms with E-state index in [1.165, 1.54) is 11.3 Å². The van der Waals surface area contributed by atoms with Gasteiger partial charge in [0.1, 0.15) is 11.3 Å². The Balaban J connectivity index is 1.33. The van der Waals surface area contributed by atoms with Crippen LogP contribution >= 0.6 is 0 Å². The van der Waals surface area contributed by atoms with Gasteiger partial charge >= 0.3 is 0 Å². The van der Waals surface area contributed by atoms with Crippen molar-refractivity contribution in [2.24, 2.45) is 0 Å². The van der Waals surface area contributed by atoms with E-state index in [0.29, 0.717) is 0 Å². The number of H-pyrrole nitrogens is 2. The number of nitrogens with one attached hydrogen (secondary N) is 2. The maximum atomic E-state index is 11.6. The average molecular weight is 442 g/mol. The Morgan fingerprint density at radius 1 is 0.879 bits per heavy atom. The Hall–Kier alpha value is -3.38.